The third kappa shape index (κ3) is 2.69. The fraction of sp³-hybridized carbons (Fsp3) is 0.375. The number of pyridine rings is 1. The SMILES string of the molecule is CN(C)CCN1C(N)=NCC1c1cccc2cccnc12. The van der Waals surface area contributed by atoms with Crippen molar-refractivity contribution < 1.29 is 0 Å². The smallest absolute Gasteiger partial charge is 0.191 e. The molecule has 2 aromatic rings. The second kappa shape index (κ2) is 5.69. The van der Waals surface area contributed by atoms with Crippen LogP contribution in [0.25, 0.3) is 10.9 Å². The van der Waals surface area contributed by atoms with Gasteiger partial charge in [-0.1, -0.05) is 24.3 Å². The summed E-state index contributed by atoms with van der Waals surface area (Å²) in [6, 6.07) is 10.6. The molecular weight excluding hydrogens is 262 g/mol. The summed E-state index contributed by atoms with van der Waals surface area (Å²) in [5, 5.41) is 1.16. The first-order valence-corrected chi connectivity index (χ1v) is 7.22. The van der Waals surface area contributed by atoms with Crippen LogP contribution in [-0.2, 0) is 0 Å². The summed E-state index contributed by atoms with van der Waals surface area (Å²) < 4.78 is 0. The summed E-state index contributed by atoms with van der Waals surface area (Å²) in [6.45, 7) is 2.52. The molecule has 0 bridgehead atoms. The fourth-order valence-electron chi connectivity index (χ4n) is 2.77. The third-order valence-electron chi connectivity index (χ3n) is 3.91. The zero-order valence-corrected chi connectivity index (χ0v) is 12.5. The van der Waals surface area contributed by atoms with Gasteiger partial charge < -0.3 is 15.5 Å². The molecule has 1 aliphatic rings. The van der Waals surface area contributed by atoms with Crippen molar-refractivity contribution in [2.45, 2.75) is 6.04 Å². The molecule has 3 rings (SSSR count). The lowest BCUT2D eigenvalue weighted by molar-refractivity contribution is 0.294. The Morgan fingerprint density at radius 1 is 1.29 bits per heavy atom. The Morgan fingerprint density at radius 2 is 2.10 bits per heavy atom. The molecule has 110 valence electrons. The van der Waals surface area contributed by atoms with Gasteiger partial charge in [-0.05, 0) is 20.2 Å². The van der Waals surface area contributed by atoms with Crippen LogP contribution in [-0.4, -0.2) is 54.5 Å². The number of aliphatic imine (C=N–C) groups is 1. The average Bonchev–Trinajstić information content (AvgIpc) is 2.85. The molecule has 1 aliphatic heterocycles. The average molecular weight is 283 g/mol. The van der Waals surface area contributed by atoms with E-state index < -0.39 is 0 Å². The highest BCUT2D eigenvalue weighted by molar-refractivity contribution is 5.85. The maximum absolute atomic E-state index is 6.07. The molecule has 0 saturated heterocycles. The molecule has 0 fully saturated rings. The lowest BCUT2D eigenvalue weighted by atomic mass is 10.0. The van der Waals surface area contributed by atoms with Crippen molar-refractivity contribution in [2.75, 3.05) is 33.7 Å². The Morgan fingerprint density at radius 3 is 2.90 bits per heavy atom. The first-order chi connectivity index (χ1) is 10.2. The van der Waals surface area contributed by atoms with E-state index >= 15 is 0 Å². The maximum Gasteiger partial charge on any atom is 0.191 e. The molecule has 0 radical (unpaired) electrons. The van der Waals surface area contributed by atoms with Gasteiger partial charge in [-0.25, -0.2) is 0 Å². The van der Waals surface area contributed by atoms with Gasteiger partial charge in [-0.3, -0.25) is 9.98 Å². The lowest BCUT2D eigenvalue weighted by Crippen LogP contribution is -2.40. The molecule has 5 nitrogen and oxygen atoms in total. The Bertz CT molecular complexity index is 659. The number of aromatic nitrogens is 1. The van der Waals surface area contributed by atoms with E-state index in [4.69, 9.17) is 5.73 Å². The minimum atomic E-state index is 0.184. The number of hydrogen-bond acceptors (Lipinski definition) is 5. The largest absolute Gasteiger partial charge is 0.370 e. The summed E-state index contributed by atoms with van der Waals surface area (Å²) in [7, 11) is 4.13. The van der Waals surface area contributed by atoms with Crippen LogP contribution in [0.4, 0.5) is 0 Å². The van der Waals surface area contributed by atoms with E-state index in [1.165, 1.54) is 5.56 Å². The van der Waals surface area contributed by atoms with Gasteiger partial charge in [-0.2, -0.15) is 0 Å². The van der Waals surface area contributed by atoms with E-state index in [9.17, 15) is 0 Å². The topological polar surface area (TPSA) is 57.8 Å². The zero-order chi connectivity index (χ0) is 14.8. The van der Waals surface area contributed by atoms with E-state index in [0.717, 1.165) is 24.0 Å². The molecule has 0 aliphatic carbocycles. The van der Waals surface area contributed by atoms with Crippen molar-refractivity contribution in [3.8, 4) is 0 Å². The summed E-state index contributed by atoms with van der Waals surface area (Å²) in [5.74, 6) is 0.634. The molecule has 2 N–H and O–H groups in total. The number of benzene rings is 1. The quantitative estimate of drug-likeness (QED) is 0.923. The van der Waals surface area contributed by atoms with Gasteiger partial charge in [-0.15, -0.1) is 0 Å². The van der Waals surface area contributed by atoms with Crippen LogP contribution in [0.3, 0.4) is 0 Å². The molecule has 1 atom stereocenters. The van der Waals surface area contributed by atoms with E-state index in [0.29, 0.717) is 12.5 Å². The van der Waals surface area contributed by atoms with Crippen LogP contribution in [0, 0.1) is 0 Å². The van der Waals surface area contributed by atoms with Crippen molar-refractivity contribution in [1.29, 1.82) is 0 Å². The number of para-hydroxylation sites is 1. The number of guanidine groups is 1. The fourth-order valence-corrected chi connectivity index (χ4v) is 2.77. The molecular formula is C16H21N5. The Kier molecular flexibility index (Phi) is 3.75. The molecule has 1 aromatic carbocycles. The van der Waals surface area contributed by atoms with Crippen LogP contribution in [0.5, 0.6) is 0 Å². The van der Waals surface area contributed by atoms with E-state index in [1.54, 1.807) is 0 Å². The second-order valence-electron chi connectivity index (χ2n) is 5.63. The van der Waals surface area contributed by atoms with Crippen LogP contribution >= 0.6 is 0 Å². The Balaban J connectivity index is 1.94. The first-order valence-electron chi connectivity index (χ1n) is 7.22. The van der Waals surface area contributed by atoms with Gasteiger partial charge in [0.05, 0.1) is 18.1 Å². The van der Waals surface area contributed by atoms with Gasteiger partial charge in [0.15, 0.2) is 5.96 Å². The first kappa shape index (κ1) is 13.8. The number of likely N-dealkylation sites (N-methyl/N-ethyl adjacent to an activating group) is 1. The van der Waals surface area contributed by atoms with Gasteiger partial charge in [0.25, 0.3) is 0 Å². The van der Waals surface area contributed by atoms with Crippen molar-refractivity contribution in [1.82, 2.24) is 14.8 Å². The number of hydrogen-bond donors (Lipinski definition) is 1. The molecule has 5 heteroatoms. The summed E-state index contributed by atoms with van der Waals surface area (Å²) >= 11 is 0. The molecule has 1 aromatic heterocycles. The van der Waals surface area contributed by atoms with Gasteiger partial charge >= 0.3 is 0 Å². The Hall–Kier alpha value is -2.14. The molecule has 0 spiro atoms. The summed E-state index contributed by atoms with van der Waals surface area (Å²) in [6.07, 6.45) is 1.84. The maximum atomic E-state index is 6.07. The highest BCUT2D eigenvalue weighted by Gasteiger charge is 2.28. The van der Waals surface area contributed by atoms with Gasteiger partial charge in [0.2, 0.25) is 0 Å². The van der Waals surface area contributed by atoms with E-state index in [1.807, 2.05) is 12.3 Å². The van der Waals surface area contributed by atoms with Crippen LogP contribution in [0.15, 0.2) is 41.5 Å². The number of rotatable bonds is 4. The van der Waals surface area contributed by atoms with Crippen LogP contribution in [0.2, 0.25) is 0 Å². The van der Waals surface area contributed by atoms with E-state index in [-0.39, 0.29) is 6.04 Å². The normalized spacial score (nSPS) is 18.5. The van der Waals surface area contributed by atoms with Crippen LogP contribution in [0.1, 0.15) is 11.6 Å². The monoisotopic (exact) mass is 283 g/mol. The zero-order valence-electron chi connectivity index (χ0n) is 12.5. The van der Waals surface area contributed by atoms with Gasteiger partial charge in [0.1, 0.15) is 0 Å². The highest BCUT2D eigenvalue weighted by atomic mass is 15.3. The predicted octanol–water partition coefficient (Wildman–Crippen LogP) is 1.47. The van der Waals surface area contributed by atoms with Crippen molar-refractivity contribution in [2.24, 2.45) is 10.7 Å². The lowest BCUT2D eigenvalue weighted by Gasteiger charge is -2.28. The Labute approximate surface area is 125 Å². The van der Waals surface area contributed by atoms with Crippen LogP contribution < -0.4 is 5.73 Å². The molecule has 21 heavy (non-hydrogen) atoms. The third-order valence-corrected chi connectivity index (χ3v) is 3.91. The number of fused-ring (bicyclic) bond motifs is 1. The molecule has 1 unspecified atom stereocenters. The second-order valence-corrected chi connectivity index (χ2v) is 5.63. The molecule has 0 saturated carbocycles. The minimum absolute atomic E-state index is 0.184. The highest BCUT2D eigenvalue weighted by Crippen LogP contribution is 2.29. The molecule has 2 heterocycles. The van der Waals surface area contributed by atoms with Gasteiger partial charge in [0, 0.05) is 30.2 Å². The molecule has 0 amide bonds. The standard InChI is InChI=1S/C16H21N5/c1-20(2)9-10-21-14(11-19-16(21)17)13-7-3-5-12-6-4-8-18-15(12)13/h3-8,14H,9-11H2,1-2H3,(H2,17,19). The number of nitrogens with two attached hydrogens (primary N) is 1. The van der Waals surface area contributed by atoms with Crippen molar-refractivity contribution in [3.63, 3.8) is 0 Å². The summed E-state index contributed by atoms with van der Waals surface area (Å²) in [5.41, 5.74) is 8.32. The number of nitrogens with zero attached hydrogens (tertiary/aromatic N) is 4. The predicted molar refractivity (Wildman–Crippen MR) is 86.2 cm³/mol. The van der Waals surface area contributed by atoms with E-state index in [2.05, 4.69) is 58.1 Å². The minimum Gasteiger partial charge on any atom is -0.370 e. The van der Waals surface area contributed by atoms with Crippen molar-refractivity contribution in [3.05, 3.63) is 42.1 Å². The van der Waals surface area contributed by atoms with Crippen molar-refractivity contribution >= 4 is 16.9 Å². The summed E-state index contributed by atoms with van der Waals surface area (Å²) in [4.78, 5) is 13.3.